The summed E-state index contributed by atoms with van der Waals surface area (Å²) in [5.41, 5.74) is -2.12. The Kier molecular flexibility index (Phi) is 40.9. The van der Waals surface area contributed by atoms with Gasteiger partial charge in [-0.05, 0) is 210 Å². The number of carbonyl (C=O) groups is 21. The van der Waals surface area contributed by atoms with Crippen LogP contribution in [0.2, 0.25) is 0 Å². The number of carboxylic acid groups (broad SMARTS) is 3. The van der Waals surface area contributed by atoms with Crippen LogP contribution in [0.25, 0.3) is 10.1 Å². The van der Waals surface area contributed by atoms with Gasteiger partial charge in [-0.1, -0.05) is 106 Å². The zero-order valence-electron chi connectivity index (χ0n) is 83.6. The molecule has 45 heteroatoms. The highest BCUT2D eigenvalue weighted by Gasteiger charge is 2.53. The smallest absolute Gasteiger partial charge is 0.409 e. The van der Waals surface area contributed by atoms with Crippen LogP contribution in [-0.4, -0.2) is 271 Å². The molecule has 2 aromatic heterocycles. The van der Waals surface area contributed by atoms with Gasteiger partial charge in [-0.2, -0.15) is 11.3 Å². The van der Waals surface area contributed by atoms with Crippen molar-refractivity contribution in [1.29, 1.82) is 0 Å². The minimum Gasteiger partial charge on any atom is -0.481 e. The number of ether oxygens (including phenoxy) is 1. The van der Waals surface area contributed by atoms with Crippen LogP contribution in [0.4, 0.5) is 4.79 Å². The Labute approximate surface area is 858 Å². The third-order valence-electron chi connectivity index (χ3n) is 26.5. The van der Waals surface area contributed by atoms with Gasteiger partial charge in [0, 0.05) is 63.4 Å². The van der Waals surface area contributed by atoms with Crippen molar-refractivity contribution in [2.45, 2.75) is 298 Å². The Morgan fingerprint density at radius 1 is 0.531 bits per heavy atom. The number of nitrogens with zero attached hydrogens (tertiary/aromatic N) is 2. The van der Waals surface area contributed by atoms with Crippen LogP contribution in [0.1, 0.15) is 216 Å². The lowest BCUT2D eigenvalue weighted by Crippen LogP contribution is -2.66. The van der Waals surface area contributed by atoms with Crippen molar-refractivity contribution in [1.82, 2.24) is 89.6 Å². The lowest BCUT2D eigenvalue weighted by molar-refractivity contribution is -0.146. The minimum absolute atomic E-state index is 0.00271. The van der Waals surface area contributed by atoms with Gasteiger partial charge in [-0.25, -0.2) is 9.59 Å². The first-order valence-electron chi connectivity index (χ1n) is 49.3. The average Bonchev–Trinajstić information content (AvgIpc) is 1.63. The van der Waals surface area contributed by atoms with Crippen molar-refractivity contribution in [3.05, 3.63) is 153 Å². The summed E-state index contributed by atoms with van der Waals surface area (Å²) in [4.78, 5) is 309. The number of nitrogens with two attached hydrogens (primary N) is 1. The molecular weight excluding hydrogens is 1940 g/mol. The van der Waals surface area contributed by atoms with Gasteiger partial charge in [0.25, 0.3) is 0 Å². The number of hydrogen-bond acceptors (Lipinski definition) is 24. The van der Waals surface area contributed by atoms with Crippen molar-refractivity contribution in [2.75, 3.05) is 32.8 Å². The fraction of sp³-hybridized carbons (Fsp3) is 0.520. The Balaban J connectivity index is 1.05. The first-order valence-corrected chi connectivity index (χ1v) is 51.1. The van der Waals surface area contributed by atoms with Crippen molar-refractivity contribution in [3.8, 4) is 0 Å². The number of benzene rings is 3. The Morgan fingerprint density at radius 3 is 1.75 bits per heavy atom. The van der Waals surface area contributed by atoms with E-state index in [1.807, 2.05) is 18.2 Å². The molecule has 18 amide bonds. The monoisotopic (exact) mass is 2070 g/mol. The molecule has 5 aromatic rings. The molecule has 14 atom stereocenters. The lowest BCUT2D eigenvalue weighted by atomic mass is 9.83. The zero-order chi connectivity index (χ0) is 107. The molecule has 0 aliphatic carbocycles. The number of aromatic carboxylic acids is 1. The van der Waals surface area contributed by atoms with Crippen molar-refractivity contribution < 1.29 is 121 Å². The molecule has 3 spiro atoms. The maximum atomic E-state index is 16.1. The van der Waals surface area contributed by atoms with E-state index in [1.54, 1.807) is 104 Å². The van der Waals surface area contributed by atoms with E-state index in [1.165, 1.54) is 86.5 Å². The molecule has 3 saturated heterocycles. The van der Waals surface area contributed by atoms with E-state index in [0.717, 1.165) is 9.60 Å². The highest BCUT2D eigenvalue weighted by atomic mass is 32.1. The molecule has 5 aliphatic heterocycles. The number of likely N-dealkylation sites (tertiary alicyclic amines) is 1. The van der Waals surface area contributed by atoms with Gasteiger partial charge in [0.05, 0.1) is 31.6 Å². The molecule has 43 nitrogen and oxygen atoms in total. The predicted molar refractivity (Wildman–Crippen MR) is 538 cm³/mol. The second kappa shape index (κ2) is 52.5. The van der Waals surface area contributed by atoms with Crippen LogP contribution in [0.15, 0.2) is 125 Å². The molecule has 3 bridgehead atoms. The molecule has 0 saturated carbocycles. The average molecular weight is 2080 g/mol. The van der Waals surface area contributed by atoms with Crippen LogP contribution in [0.5, 0.6) is 0 Å². The molecule has 147 heavy (non-hydrogen) atoms. The number of primary amides is 1. The minimum atomic E-state index is -2.23. The number of hydrogen-bond donors (Lipinski definition) is 19. The predicted octanol–water partition coefficient (Wildman–Crippen LogP) is 2.73. The first kappa shape index (κ1) is 114. The Bertz CT molecular complexity index is 5750. The topological polar surface area (TPSA) is 641 Å². The molecule has 0 unspecified atom stereocenters. The summed E-state index contributed by atoms with van der Waals surface area (Å²) in [6.45, 7) is 10.2. The number of amides is 18. The Hall–Kier alpha value is -14.5. The molecular formula is C102H134N18O25S2. The number of allylic oxidation sites excluding steroid dienone is 3. The van der Waals surface area contributed by atoms with Gasteiger partial charge in [-0.15, -0.1) is 11.3 Å². The zero-order valence-corrected chi connectivity index (χ0v) is 85.2. The van der Waals surface area contributed by atoms with E-state index in [-0.39, 0.29) is 159 Å². The lowest BCUT2D eigenvalue weighted by Gasteiger charge is -2.38. The molecule has 794 valence electrons. The van der Waals surface area contributed by atoms with E-state index in [9.17, 15) is 72.9 Å². The molecule has 10 rings (SSSR count). The van der Waals surface area contributed by atoms with Gasteiger partial charge in [0.15, 0.2) is 0 Å². The standard InChI is InChI=1S/C102H134N18O25S2/c1-59(81(103)127)105-83(129)69-35-36-78(122)104-43-24-20-33-68-89(135)118-101(95(142)113-71(51-64-37-47-146-56-64)85(131)111-73(86(132)108-69)52-66-57-147-77-34-19-18-32-67(66)77)42-45-119(58-101)97(144)145-46-25-14-10-9-11-21-38-100(39-22-12-13-23-40-102(41-27-44-120(102)61(3)121)96(143)115-75(54-80(125)126)88(134)112-76(91(137)117-100)55-98(4,5)6)94(141)114-74(53-79(123)124)87(133)110-72(50-63-30-26-31-65(48-63)92(138)139)90(136)116-99(7,8)93(140)106-60(2)82(128)109-70(84(130)107-68)49-62-28-16-15-17-29-62/h9-10,13,15-19,23,26,28-32,34,37,47-48,56-57,59-60,68-76H,11-12,14,20-22,24-25,27,33,35-36,38-46,49-55,58H2,1-8H3,(H2,103,127)(H,104,122)(H,105,129)(H,106,140)(H,107,130)(H,108,132)(H,109,128)(H,110,133)(H,111,131)(H,112,134)(H,113,142)(H,114,141)(H,115,143)(H,116,136)(H,117,137)(H,118,135)(H,123,124)(H,125,126)(H,138,139)/b10-9+,23-13-/t59-,60-,68-,69-,70-,71-,72-,73-,74-,75-,76-,100+,101-,102-/m0/s1. The summed E-state index contributed by atoms with van der Waals surface area (Å²) in [7, 11) is 0. The maximum Gasteiger partial charge on any atom is 0.409 e. The number of cyclic esters (lactones) is 1. The summed E-state index contributed by atoms with van der Waals surface area (Å²) >= 11 is 2.61. The first-order chi connectivity index (χ1) is 69.7. The summed E-state index contributed by atoms with van der Waals surface area (Å²) in [5, 5.41) is 77.1. The number of rotatable bonds is 17. The van der Waals surface area contributed by atoms with Crippen LogP contribution in [-0.2, 0) is 122 Å². The second-order valence-electron chi connectivity index (χ2n) is 39.7. The molecule has 20 N–H and O–H groups in total. The Morgan fingerprint density at radius 2 is 1.10 bits per heavy atom. The van der Waals surface area contributed by atoms with E-state index in [4.69, 9.17) is 10.5 Å². The van der Waals surface area contributed by atoms with E-state index < -0.39 is 251 Å². The molecule has 5 aliphatic rings. The van der Waals surface area contributed by atoms with Crippen LogP contribution in [0, 0.1) is 5.41 Å². The molecule has 7 heterocycles. The number of carbonyl (C=O) groups excluding carboxylic acids is 18. The van der Waals surface area contributed by atoms with E-state index >= 15 is 43.2 Å². The van der Waals surface area contributed by atoms with Gasteiger partial charge in [-0.3, -0.25) is 91.1 Å². The summed E-state index contributed by atoms with van der Waals surface area (Å²) in [6, 6.07) is 3.84. The largest absolute Gasteiger partial charge is 0.481 e. The number of carboxylic acids is 3. The molecule has 3 fully saturated rings. The van der Waals surface area contributed by atoms with Crippen molar-refractivity contribution in [3.63, 3.8) is 0 Å². The quantitative estimate of drug-likeness (QED) is 0.0595. The third kappa shape index (κ3) is 32.7. The normalized spacial score (nSPS) is 26.6. The van der Waals surface area contributed by atoms with E-state index in [2.05, 4.69) is 79.8 Å². The highest BCUT2D eigenvalue weighted by molar-refractivity contribution is 7.17. The highest BCUT2D eigenvalue weighted by Crippen LogP contribution is 2.36. The number of fused-ring (bicyclic) bond motifs is 4. The van der Waals surface area contributed by atoms with Crippen LogP contribution >= 0.6 is 22.7 Å². The van der Waals surface area contributed by atoms with Gasteiger partial charge < -0.3 is 115 Å². The summed E-state index contributed by atoms with van der Waals surface area (Å²) < 4.78 is 6.71. The van der Waals surface area contributed by atoms with Crippen molar-refractivity contribution >= 4 is 157 Å². The second-order valence-corrected chi connectivity index (χ2v) is 41.4. The summed E-state index contributed by atoms with van der Waals surface area (Å²) in [5.74, 6) is -21.3. The van der Waals surface area contributed by atoms with Crippen LogP contribution in [0.3, 0.4) is 0 Å². The molecule has 0 radical (unpaired) electrons. The SMILES string of the molecule is CC(=O)N1CCC[C@]12C/C=C\CCC[C@@]1(CCC/C=C/CCCOC(=O)N3CC[C@@]4(C3)NC(=O)[C@H](CCCCNC(=O)CC[C@@H](C(=O)N[C@@H](C)C(N)=O)NC(=O)[C@H](Cc3csc5ccccc35)NC(=O)[C@H](Cc3ccsc3)NC4=O)NC(=O)[C@H](Cc3ccccc3)NC(=O)[C@H](C)NC(=O)C(C)(C)NC(=O)[C@H](Cc3cccc(C(=O)O)c3)NC(=O)[C@H](CC(=O)O)NC1=O)NC(=O)[C@H](CC(C)(C)C)NC(=O)[C@H](CC(=O)O)NC2=O. The summed E-state index contributed by atoms with van der Waals surface area (Å²) in [6.07, 6.45) is 0.811. The van der Waals surface area contributed by atoms with Crippen LogP contribution < -0.4 is 85.5 Å². The third-order valence-corrected chi connectivity index (χ3v) is 28.2. The maximum absolute atomic E-state index is 16.1. The van der Waals surface area contributed by atoms with Gasteiger partial charge in [0.1, 0.15) is 88.6 Å². The number of aliphatic carboxylic acids is 2. The number of thiophene rings is 2. The van der Waals surface area contributed by atoms with Gasteiger partial charge in [0.2, 0.25) is 100 Å². The van der Waals surface area contributed by atoms with E-state index in [0.29, 0.717) is 28.5 Å². The fourth-order valence-corrected chi connectivity index (χ4v) is 20.0. The molecule has 3 aromatic carbocycles. The fourth-order valence-electron chi connectivity index (χ4n) is 18.3. The van der Waals surface area contributed by atoms with Gasteiger partial charge >= 0.3 is 24.0 Å². The van der Waals surface area contributed by atoms with Crippen molar-refractivity contribution in [2.24, 2.45) is 11.1 Å². The number of nitrogens with one attached hydrogen (secondary N) is 15.